The summed E-state index contributed by atoms with van der Waals surface area (Å²) >= 11 is 0. The van der Waals surface area contributed by atoms with Crippen molar-refractivity contribution in [2.24, 2.45) is 0 Å². The van der Waals surface area contributed by atoms with Gasteiger partial charge in [-0.15, -0.1) is 0 Å². The average molecular weight is 606 g/mol. The van der Waals surface area contributed by atoms with Gasteiger partial charge < -0.3 is 4.90 Å². The van der Waals surface area contributed by atoms with Gasteiger partial charge in [0.25, 0.3) is 0 Å². The molecule has 45 heavy (non-hydrogen) atoms. The molecular formula is C42H59N3. The Kier molecular flexibility index (Phi) is 21.6. The zero-order valence-corrected chi connectivity index (χ0v) is 28.6. The predicted octanol–water partition coefficient (Wildman–Crippen LogP) is 12.2. The first-order valence-electron chi connectivity index (χ1n) is 18.2. The molecule has 0 aliphatic rings. The van der Waals surface area contributed by atoms with Crippen molar-refractivity contribution < 1.29 is 0 Å². The van der Waals surface area contributed by atoms with E-state index in [4.69, 9.17) is 10.5 Å². The molecule has 3 heteroatoms. The Morgan fingerprint density at radius 3 is 1.24 bits per heavy atom. The van der Waals surface area contributed by atoms with E-state index in [2.05, 4.69) is 54.9 Å². The highest BCUT2D eigenvalue weighted by Gasteiger charge is 2.07. The minimum Gasteiger partial charge on any atom is -0.372 e. The van der Waals surface area contributed by atoms with Crippen LogP contribution in [0.1, 0.15) is 159 Å². The monoisotopic (exact) mass is 605 g/mol. The molecule has 0 N–H and O–H groups in total. The second-order valence-corrected chi connectivity index (χ2v) is 12.6. The van der Waals surface area contributed by atoms with E-state index in [1.165, 1.54) is 134 Å². The first-order valence-corrected chi connectivity index (χ1v) is 18.2. The number of nitrogens with zero attached hydrogens (tertiary/aromatic N) is 3. The van der Waals surface area contributed by atoms with E-state index in [1.54, 1.807) is 6.08 Å². The molecule has 0 unspecified atom stereocenters. The van der Waals surface area contributed by atoms with Crippen LogP contribution in [0.2, 0.25) is 0 Å². The van der Waals surface area contributed by atoms with Gasteiger partial charge in [-0.05, 0) is 60.9 Å². The lowest BCUT2D eigenvalue weighted by Gasteiger charge is -2.25. The Balaban J connectivity index is 1.86. The van der Waals surface area contributed by atoms with Crippen LogP contribution >= 0.6 is 0 Å². The molecule has 0 spiro atoms. The molecule has 0 radical (unpaired) electrons. The van der Waals surface area contributed by atoms with Crippen molar-refractivity contribution in [3.63, 3.8) is 0 Å². The third kappa shape index (κ3) is 18.2. The fraction of sp³-hybridized carbons (Fsp3) is 0.571. The van der Waals surface area contributed by atoms with E-state index < -0.39 is 0 Å². The maximum Gasteiger partial charge on any atom is 0.130 e. The molecule has 0 aliphatic heterocycles. The summed E-state index contributed by atoms with van der Waals surface area (Å²) in [5.41, 5.74) is 4.17. The maximum absolute atomic E-state index is 8.96. The molecule has 0 aromatic heterocycles. The van der Waals surface area contributed by atoms with E-state index in [1.807, 2.05) is 36.4 Å². The van der Waals surface area contributed by atoms with Crippen LogP contribution in [-0.2, 0) is 0 Å². The van der Waals surface area contributed by atoms with Crippen LogP contribution in [0.5, 0.6) is 0 Å². The summed E-state index contributed by atoms with van der Waals surface area (Å²) < 4.78 is 0. The number of allylic oxidation sites excluding steroid dienone is 1. The lowest BCUT2D eigenvalue weighted by molar-refractivity contribution is 0.543. The normalized spacial score (nSPS) is 10.4. The minimum absolute atomic E-state index is 0.101. The molecule has 0 fully saturated rings. The molecule has 2 rings (SSSR count). The SMILES string of the molecule is CCCCCCCCCCCCN(CCCCCCCCCCCC)c1ccc(C#Cc2ccc(C=C(C#N)C#N)cc2)cc1. The second-order valence-electron chi connectivity index (χ2n) is 12.6. The first kappa shape index (κ1) is 37.7. The number of unbranched alkanes of at least 4 members (excludes halogenated alkanes) is 18. The molecule has 2 aromatic rings. The Labute approximate surface area is 276 Å². The number of hydrogen-bond donors (Lipinski definition) is 0. The minimum atomic E-state index is 0.101. The molecule has 0 heterocycles. The van der Waals surface area contributed by atoms with Crippen molar-refractivity contribution in [2.75, 3.05) is 18.0 Å². The summed E-state index contributed by atoms with van der Waals surface area (Å²) in [6.45, 7) is 6.85. The fourth-order valence-corrected chi connectivity index (χ4v) is 5.77. The van der Waals surface area contributed by atoms with Gasteiger partial charge in [0, 0.05) is 29.9 Å². The Morgan fingerprint density at radius 1 is 0.511 bits per heavy atom. The molecule has 0 bridgehead atoms. The summed E-state index contributed by atoms with van der Waals surface area (Å²) in [4.78, 5) is 2.61. The molecular weight excluding hydrogens is 546 g/mol. The lowest BCUT2D eigenvalue weighted by Crippen LogP contribution is -2.25. The van der Waals surface area contributed by atoms with Crippen molar-refractivity contribution in [3.05, 3.63) is 70.8 Å². The fourth-order valence-electron chi connectivity index (χ4n) is 5.77. The summed E-state index contributed by atoms with van der Waals surface area (Å²) in [5, 5.41) is 17.9. The van der Waals surface area contributed by atoms with Crippen LogP contribution in [0.3, 0.4) is 0 Å². The van der Waals surface area contributed by atoms with Gasteiger partial charge in [-0.2, -0.15) is 10.5 Å². The zero-order chi connectivity index (χ0) is 32.2. The molecule has 0 atom stereocenters. The Morgan fingerprint density at radius 2 is 0.867 bits per heavy atom. The Hall–Kier alpha value is -3.48. The molecule has 0 amide bonds. The highest BCUT2D eigenvalue weighted by Crippen LogP contribution is 2.19. The summed E-state index contributed by atoms with van der Waals surface area (Å²) in [7, 11) is 0. The molecule has 242 valence electrons. The van der Waals surface area contributed by atoms with Gasteiger partial charge in [0.05, 0.1) is 0 Å². The number of benzene rings is 2. The highest BCUT2D eigenvalue weighted by atomic mass is 15.1. The summed E-state index contributed by atoms with van der Waals surface area (Å²) in [6.07, 6.45) is 29.0. The zero-order valence-electron chi connectivity index (χ0n) is 28.6. The predicted molar refractivity (Wildman–Crippen MR) is 194 cm³/mol. The number of anilines is 1. The summed E-state index contributed by atoms with van der Waals surface area (Å²) in [6, 6.07) is 20.2. The van der Waals surface area contributed by atoms with E-state index in [-0.39, 0.29) is 5.57 Å². The van der Waals surface area contributed by atoms with E-state index in [0.717, 1.165) is 29.8 Å². The van der Waals surface area contributed by atoms with E-state index in [9.17, 15) is 0 Å². The largest absolute Gasteiger partial charge is 0.372 e. The molecule has 0 saturated heterocycles. The van der Waals surface area contributed by atoms with Gasteiger partial charge in [0.15, 0.2) is 0 Å². The van der Waals surface area contributed by atoms with Gasteiger partial charge >= 0.3 is 0 Å². The molecule has 0 saturated carbocycles. The van der Waals surface area contributed by atoms with Crippen LogP contribution in [0.25, 0.3) is 6.08 Å². The van der Waals surface area contributed by atoms with Crippen LogP contribution < -0.4 is 4.90 Å². The molecule has 0 aliphatic carbocycles. The maximum atomic E-state index is 8.96. The number of hydrogen-bond acceptors (Lipinski definition) is 3. The Bertz CT molecular complexity index is 1160. The first-order chi connectivity index (χ1) is 22.2. The van der Waals surface area contributed by atoms with Crippen molar-refractivity contribution in [2.45, 2.75) is 142 Å². The van der Waals surface area contributed by atoms with Crippen LogP contribution in [0, 0.1) is 34.5 Å². The smallest absolute Gasteiger partial charge is 0.130 e. The third-order valence-electron chi connectivity index (χ3n) is 8.61. The third-order valence-corrected chi connectivity index (χ3v) is 8.61. The van der Waals surface area contributed by atoms with Gasteiger partial charge in [0.1, 0.15) is 17.7 Å². The van der Waals surface area contributed by atoms with E-state index >= 15 is 0 Å². The van der Waals surface area contributed by atoms with Crippen LogP contribution in [-0.4, -0.2) is 13.1 Å². The quantitative estimate of drug-likeness (QED) is 0.0679. The standard InChI is InChI=1S/C42H59N3/c1-3-5-7-9-11-13-15-17-19-21-33-45(34-22-20-18-16-14-12-10-8-6-4-2)42-31-29-39(30-32-42)24-23-38-25-27-40(28-26-38)35-41(36-43)37-44/h25-32,35H,3-22,33-34H2,1-2H3. The molecule has 2 aromatic carbocycles. The van der Waals surface area contributed by atoms with Gasteiger partial charge in [0.2, 0.25) is 0 Å². The van der Waals surface area contributed by atoms with Gasteiger partial charge in [-0.1, -0.05) is 153 Å². The van der Waals surface area contributed by atoms with Crippen LogP contribution in [0.4, 0.5) is 5.69 Å². The van der Waals surface area contributed by atoms with Crippen molar-refractivity contribution in [3.8, 4) is 24.0 Å². The van der Waals surface area contributed by atoms with Crippen molar-refractivity contribution in [1.82, 2.24) is 0 Å². The van der Waals surface area contributed by atoms with Crippen LogP contribution in [0.15, 0.2) is 54.1 Å². The highest BCUT2D eigenvalue weighted by molar-refractivity contribution is 5.62. The van der Waals surface area contributed by atoms with Gasteiger partial charge in [-0.3, -0.25) is 0 Å². The molecule has 3 nitrogen and oxygen atoms in total. The summed E-state index contributed by atoms with van der Waals surface area (Å²) in [5.74, 6) is 6.55. The van der Waals surface area contributed by atoms with Crippen molar-refractivity contribution in [1.29, 1.82) is 10.5 Å². The second kappa shape index (κ2) is 25.8. The van der Waals surface area contributed by atoms with Crippen molar-refractivity contribution >= 4 is 11.8 Å². The lowest BCUT2D eigenvalue weighted by atomic mass is 10.1. The van der Waals surface area contributed by atoms with E-state index in [0.29, 0.717) is 0 Å². The number of nitriles is 2. The number of rotatable bonds is 24. The van der Waals surface area contributed by atoms with Gasteiger partial charge in [-0.25, -0.2) is 0 Å². The topological polar surface area (TPSA) is 50.8 Å². The average Bonchev–Trinajstić information content (AvgIpc) is 3.07.